The van der Waals surface area contributed by atoms with E-state index in [-0.39, 0.29) is 18.3 Å². The smallest absolute Gasteiger partial charge is 0.355 e. The molecule has 1 aromatic heterocycles. The zero-order valence-corrected chi connectivity index (χ0v) is 16.3. The predicted octanol–water partition coefficient (Wildman–Crippen LogP) is 5.42. The highest BCUT2D eigenvalue weighted by atomic mass is 35.5. The third-order valence-corrected chi connectivity index (χ3v) is 5.37. The standard InChI is InChI=1S/C23H20ClNO3/c1-2-28-23(27)22-20(15-6-4-3-5-7-15)21-18(25-22)12-16(13-19(21)26)14-8-10-17(24)11-9-14/h3-11,16,25H,2,12-13H2,1H3/t16-/m0/s1. The van der Waals surface area contributed by atoms with Crippen LogP contribution in [0.2, 0.25) is 5.02 Å². The van der Waals surface area contributed by atoms with Crippen molar-refractivity contribution >= 4 is 23.4 Å². The fraction of sp³-hybridized carbons (Fsp3) is 0.217. The Morgan fingerprint density at radius 3 is 2.46 bits per heavy atom. The molecule has 2 aromatic carbocycles. The molecular formula is C23H20ClNO3. The van der Waals surface area contributed by atoms with E-state index in [0.717, 1.165) is 16.8 Å². The number of esters is 1. The minimum Gasteiger partial charge on any atom is -0.461 e. The van der Waals surface area contributed by atoms with E-state index in [2.05, 4.69) is 4.98 Å². The van der Waals surface area contributed by atoms with Crippen molar-refractivity contribution in [2.24, 2.45) is 0 Å². The normalized spacial score (nSPS) is 15.9. The van der Waals surface area contributed by atoms with Gasteiger partial charge in [-0.05, 0) is 42.5 Å². The number of fused-ring (bicyclic) bond motifs is 1. The van der Waals surface area contributed by atoms with Gasteiger partial charge in [-0.25, -0.2) is 4.79 Å². The molecule has 0 aliphatic heterocycles. The van der Waals surface area contributed by atoms with Gasteiger partial charge in [0.2, 0.25) is 0 Å². The summed E-state index contributed by atoms with van der Waals surface area (Å²) in [4.78, 5) is 28.9. The second kappa shape index (κ2) is 7.64. The van der Waals surface area contributed by atoms with Crippen molar-refractivity contribution in [3.05, 3.63) is 82.1 Å². The number of aromatic nitrogens is 1. The predicted molar refractivity (Wildman–Crippen MR) is 109 cm³/mol. The first-order valence-corrected chi connectivity index (χ1v) is 9.72. The van der Waals surface area contributed by atoms with Gasteiger partial charge in [-0.1, -0.05) is 54.1 Å². The maximum atomic E-state index is 13.1. The summed E-state index contributed by atoms with van der Waals surface area (Å²) in [5.74, 6) is -0.354. The van der Waals surface area contributed by atoms with E-state index in [0.29, 0.717) is 34.7 Å². The lowest BCUT2D eigenvalue weighted by atomic mass is 9.80. The van der Waals surface area contributed by atoms with Gasteiger partial charge in [0, 0.05) is 28.3 Å². The highest BCUT2D eigenvalue weighted by molar-refractivity contribution is 6.30. The molecule has 0 fully saturated rings. The maximum absolute atomic E-state index is 13.1. The number of ketones is 1. The van der Waals surface area contributed by atoms with Crippen LogP contribution in [0.5, 0.6) is 0 Å². The Kier molecular flexibility index (Phi) is 5.05. The van der Waals surface area contributed by atoms with Crippen LogP contribution in [0.3, 0.4) is 0 Å². The van der Waals surface area contributed by atoms with Crippen LogP contribution in [-0.4, -0.2) is 23.3 Å². The molecule has 1 aliphatic rings. The summed E-state index contributed by atoms with van der Waals surface area (Å²) in [5.41, 5.74) is 4.30. The lowest BCUT2D eigenvalue weighted by Crippen LogP contribution is -2.18. The van der Waals surface area contributed by atoms with Gasteiger partial charge in [0.1, 0.15) is 5.69 Å². The molecule has 1 N–H and O–H groups in total. The highest BCUT2D eigenvalue weighted by Gasteiger charge is 2.34. The van der Waals surface area contributed by atoms with E-state index in [1.54, 1.807) is 6.92 Å². The van der Waals surface area contributed by atoms with Gasteiger partial charge in [-0.15, -0.1) is 0 Å². The largest absolute Gasteiger partial charge is 0.461 e. The van der Waals surface area contributed by atoms with Crippen LogP contribution in [-0.2, 0) is 11.2 Å². The zero-order valence-electron chi connectivity index (χ0n) is 15.5. The fourth-order valence-corrected chi connectivity index (χ4v) is 4.00. The molecule has 142 valence electrons. The average Bonchev–Trinajstić information content (AvgIpc) is 3.10. The van der Waals surface area contributed by atoms with Crippen molar-refractivity contribution in [3.63, 3.8) is 0 Å². The van der Waals surface area contributed by atoms with Gasteiger partial charge >= 0.3 is 5.97 Å². The van der Waals surface area contributed by atoms with E-state index in [4.69, 9.17) is 16.3 Å². The third kappa shape index (κ3) is 3.36. The molecule has 1 atom stereocenters. The number of halogens is 1. The molecular weight excluding hydrogens is 374 g/mol. The van der Waals surface area contributed by atoms with Gasteiger partial charge in [-0.2, -0.15) is 0 Å². The number of carbonyl (C=O) groups is 2. The van der Waals surface area contributed by atoms with E-state index in [9.17, 15) is 9.59 Å². The molecule has 3 aromatic rings. The van der Waals surface area contributed by atoms with Crippen molar-refractivity contribution in [3.8, 4) is 11.1 Å². The highest BCUT2D eigenvalue weighted by Crippen LogP contribution is 2.39. The second-order valence-corrected chi connectivity index (χ2v) is 7.33. The van der Waals surface area contributed by atoms with Crippen LogP contribution in [0.4, 0.5) is 0 Å². The van der Waals surface area contributed by atoms with Crippen LogP contribution in [0.1, 0.15) is 51.4 Å². The van der Waals surface area contributed by atoms with Gasteiger partial charge in [0.05, 0.1) is 6.61 Å². The summed E-state index contributed by atoms with van der Waals surface area (Å²) in [6.07, 6.45) is 1.05. The van der Waals surface area contributed by atoms with Crippen molar-refractivity contribution in [1.82, 2.24) is 4.98 Å². The Bertz CT molecular complexity index is 1020. The monoisotopic (exact) mass is 393 g/mol. The van der Waals surface area contributed by atoms with Crippen molar-refractivity contribution in [2.45, 2.75) is 25.7 Å². The Balaban J connectivity index is 1.80. The minimum absolute atomic E-state index is 0.0341. The number of nitrogens with one attached hydrogen (secondary N) is 1. The number of benzene rings is 2. The molecule has 4 nitrogen and oxygen atoms in total. The van der Waals surface area contributed by atoms with Gasteiger partial charge in [0.25, 0.3) is 0 Å². The van der Waals surface area contributed by atoms with Crippen molar-refractivity contribution < 1.29 is 14.3 Å². The summed E-state index contributed by atoms with van der Waals surface area (Å²) in [6, 6.07) is 17.1. The first-order chi connectivity index (χ1) is 13.6. The lowest BCUT2D eigenvalue weighted by molar-refractivity contribution is 0.0521. The number of rotatable bonds is 4. The second-order valence-electron chi connectivity index (χ2n) is 6.89. The van der Waals surface area contributed by atoms with Gasteiger partial charge < -0.3 is 9.72 Å². The van der Waals surface area contributed by atoms with Gasteiger partial charge in [-0.3, -0.25) is 4.79 Å². The van der Waals surface area contributed by atoms with Crippen LogP contribution in [0.15, 0.2) is 54.6 Å². The van der Waals surface area contributed by atoms with E-state index in [1.807, 2.05) is 54.6 Å². The minimum atomic E-state index is -0.438. The molecule has 4 rings (SSSR count). The molecule has 0 spiro atoms. The van der Waals surface area contributed by atoms with Crippen LogP contribution in [0.25, 0.3) is 11.1 Å². The summed E-state index contributed by atoms with van der Waals surface area (Å²) < 4.78 is 5.23. The molecule has 0 bridgehead atoms. The zero-order chi connectivity index (χ0) is 19.7. The van der Waals surface area contributed by atoms with E-state index in [1.165, 1.54) is 0 Å². The van der Waals surface area contributed by atoms with Crippen LogP contribution < -0.4 is 0 Å². The number of aromatic amines is 1. The molecule has 0 radical (unpaired) electrons. The molecule has 5 heteroatoms. The Labute approximate surface area is 168 Å². The van der Waals surface area contributed by atoms with Crippen molar-refractivity contribution in [1.29, 1.82) is 0 Å². The van der Waals surface area contributed by atoms with E-state index < -0.39 is 5.97 Å². The summed E-state index contributed by atoms with van der Waals surface area (Å²) in [6.45, 7) is 2.04. The molecule has 0 unspecified atom stereocenters. The Morgan fingerprint density at radius 2 is 1.79 bits per heavy atom. The number of Topliss-reactive ketones (excluding diaryl/α,β-unsaturated/α-hetero) is 1. The average molecular weight is 394 g/mol. The Hall–Kier alpha value is -2.85. The first kappa shape index (κ1) is 18.5. The quantitative estimate of drug-likeness (QED) is 0.601. The van der Waals surface area contributed by atoms with Crippen LogP contribution in [0, 0.1) is 0 Å². The molecule has 0 saturated carbocycles. The topological polar surface area (TPSA) is 59.2 Å². The first-order valence-electron chi connectivity index (χ1n) is 9.34. The molecule has 0 amide bonds. The lowest BCUT2D eigenvalue weighted by Gasteiger charge is -2.22. The number of hydrogen-bond acceptors (Lipinski definition) is 3. The Morgan fingerprint density at radius 1 is 1.07 bits per heavy atom. The summed E-state index contributed by atoms with van der Waals surface area (Å²) >= 11 is 5.99. The van der Waals surface area contributed by atoms with Crippen molar-refractivity contribution in [2.75, 3.05) is 6.61 Å². The van der Waals surface area contributed by atoms with Gasteiger partial charge in [0.15, 0.2) is 5.78 Å². The molecule has 0 saturated heterocycles. The SMILES string of the molecule is CCOC(=O)c1[nH]c2c(c1-c1ccccc1)C(=O)C[C@@H](c1ccc(Cl)cc1)C2. The molecule has 28 heavy (non-hydrogen) atoms. The third-order valence-electron chi connectivity index (χ3n) is 5.12. The summed E-state index contributed by atoms with van der Waals surface area (Å²) in [5, 5.41) is 0.669. The summed E-state index contributed by atoms with van der Waals surface area (Å²) in [7, 11) is 0. The van der Waals surface area contributed by atoms with E-state index >= 15 is 0 Å². The number of ether oxygens (including phenoxy) is 1. The van der Waals surface area contributed by atoms with Crippen LogP contribution >= 0.6 is 11.6 Å². The fourth-order valence-electron chi connectivity index (χ4n) is 3.88. The molecule has 1 aliphatic carbocycles. The maximum Gasteiger partial charge on any atom is 0.355 e. The number of carbonyl (C=O) groups excluding carboxylic acids is 2. The molecule has 1 heterocycles. The number of hydrogen-bond donors (Lipinski definition) is 1. The number of H-pyrrole nitrogens is 1.